The average molecular weight is 236 g/mol. The molecule has 0 aromatic rings. The summed E-state index contributed by atoms with van der Waals surface area (Å²) in [6.45, 7) is 8.71. The highest BCUT2D eigenvalue weighted by molar-refractivity contribution is 5.56. The predicted octanol–water partition coefficient (Wildman–Crippen LogP) is 4.09. The molecule has 2 nitrogen and oxygen atoms in total. The van der Waals surface area contributed by atoms with Crippen molar-refractivity contribution < 1.29 is 0 Å². The third-order valence-corrected chi connectivity index (χ3v) is 3.55. The lowest BCUT2D eigenvalue weighted by Gasteiger charge is -2.24. The van der Waals surface area contributed by atoms with Crippen LogP contribution in [0.3, 0.4) is 0 Å². The molecular weight excluding hydrogens is 208 g/mol. The zero-order chi connectivity index (χ0) is 12.5. The van der Waals surface area contributed by atoms with Crippen LogP contribution in [-0.2, 0) is 0 Å². The van der Waals surface area contributed by atoms with Crippen LogP contribution < -0.4 is 0 Å². The van der Waals surface area contributed by atoms with Gasteiger partial charge in [0.15, 0.2) is 0 Å². The van der Waals surface area contributed by atoms with Crippen molar-refractivity contribution in [3.63, 3.8) is 0 Å². The van der Waals surface area contributed by atoms with Gasteiger partial charge >= 0.3 is 0 Å². The Morgan fingerprint density at radius 2 is 1.94 bits per heavy atom. The predicted molar refractivity (Wildman–Crippen MR) is 76.3 cm³/mol. The Bertz CT molecular complexity index is 237. The van der Waals surface area contributed by atoms with Gasteiger partial charge in [-0.15, -0.1) is 0 Å². The van der Waals surface area contributed by atoms with Gasteiger partial charge in [0.25, 0.3) is 0 Å². The number of rotatable bonds is 6. The van der Waals surface area contributed by atoms with E-state index in [1.807, 2.05) is 6.34 Å². The first kappa shape index (κ1) is 14.3. The summed E-state index contributed by atoms with van der Waals surface area (Å²) in [4.78, 5) is 6.79. The molecule has 0 spiro atoms. The van der Waals surface area contributed by atoms with Gasteiger partial charge in [-0.25, -0.2) is 0 Å². The summed E-state index contributed by atoms with van der Waals surface area (Å²) in [7, 11) is 0. The summed E-state index contributed by atoms with van der Waals surface area (Å²) in [5.41, 5.74) is 0. The molecule has 0 aromatic heterocycles. The van der Waals surface area contributed by atoms with E-state index in [9.17, 15) is 0 Å². The molecule has 2 heteroatoms. The molecular formula is C15H28N2. The van der Waals surface area contributed by atoms with Crippen LogP contribution in [0, 0.1) is 11.8 Å². The standard InChI is InChI=1S/C15H28N2/c1-4-10-17(11-5-2)13-16-12-15-8-6-14(3)7-9-15/h4,10,13-15H,5-9,11-12H2,1-3H3/b10-4-,16-13?. The van der Waals surface area contributed by atoms with Crippen LogP contribution in [0.4, 0.5) is 0 Å². The minimum atomic E-state index is 0.830. The lowest BCUT2D eigenvalue weighted by molar-refractivity contribution is 0.296. The van der Waals surface area contributed by atoms with Crippen LogP contribution in [0.2, 0.25) is 0 Å². The van der Waals surface area contributed by atoms with Crippen molar-refractivity contribution in [2.24, 2.45) is 16.8 Å². The molecule has 0 heterocycles. The van der Waals surface area contributed by atoms with Gasteiger partial charge < -0.3 is 4.90 Å². The molecule has 1 aliphatic rings. The number of allylic oxidation sites excluding steroid dienone is 1. The molecule has 1 fully saturated rings. The summed E-state index contributed by atoms with van der Waals surface area (Å²) in [6.07, 6.45) is 12.9. The van der Waals surface area contributed by atoms with Crippen LogP contribution >= 0.6 is 0 Å². The Labute approximate surface area is 107 Å². The molecule has 0 aromatic carbocycles. The molecule has 98 valence electrons. The second kappa shape index (κ2) is 8.32. The molecule has 0 radical (unpaired) electrons. The van der Waals surface area contributed by atoms with E-state index in [1.165, 1.54) is 25.7 Å². The Balaban J connectivity index is 2.27. The highest BCUT2D eigenvalue weighted by Gasteiger charge is 2.17. The first-order chi connectivity index (χ1) is 8.26. The second-order valence-corrected chi connectivity index (χ2v) is 5.33. The number of hydrogen-bond acceptors (Lipinski definition) is 1. The van der Waals surface area contributed by atoms with Crippen LogP contribution in [0.15, 0.2) is 17.3 Å². The van der Waals surface area contributed by atoms with Gasteiger partial charge in [0.2, 0.25) is 0 Å². The van der Waals surface area contributed by atoms with E-state index in [4.69, 9.17) is 0 Å². The van der Waals surface area contributed by atoms with E-state index in [-0.39, 0.29) is 0 Å². The Morgan fingerprint density at radius 3 is 2.53 bits per heavy atom. The van der Waals surface area contributed by atoms with Crippen molar-refractivity contribution in [2.45, 2.75) is 52.9 Å². The SMILES string of the molecule is C/C=C\N(C=NCC1CCC(C)CC1)CCC. The Kier molecular flexibility index (Phi) is 6.99. The molecule has 0 atom stereocenters. The molecule has 17 heavy (non-hydrogen) atoms. The van der Waals surface area contributed by atoms with Crippen molar-refractivity contribution in [3.05, 3.63) is 12.3 Å². The van der Waals surface area contributed by atoms with Gasteiger partial charge in [-0.3, -0.25) is 4.99 Å². The summed E-state index contributed by atoms with van der Waals surface area (Å²) in [5.74, 6) is 1.77. The maximum atomic E-state index is 4.61. The number of nitrogens with zero attached hydrogens (tertiary/aromatic N) is 2. The molecule has 0 N–H and O–H groups in total. The second-order valence-electron chi connectivity index (χ2n) is 5.33. The fraction of sp³-hybridized carbons (Fsp3) is 0.800. The van der Waals surface area contributed by atoms with Crippen LogP contribution in [0.1, 0.15) is 52.9 Å². The van der Waals surface area contributed by atoms with E-state index in [0.29, 0.717) is 0 Å². The minimum absolute atomic E-state index is 0.830. The first-order valence-electron chi connectivity index (χ1n) is 7.14. The maximum absolute atomic E-state index is 4.61. The monoisotopic (exact) mass is 236 g/mol. The van der Waals surface area contributed by atoms with Gasteiger partial charge in [0.05, 0.1) is 6.34 Å². The van der Waals surface area contributed by atoms with E-state index in [1.54, 1.807) is 0 Å². The van der Waals surface area contributed by atoms with E-state index in [0.717, 1.165) is 31.3 Å². The van der Waals surface area contributed by atoms with Gasteiger partial charge in [-0.1, -0.05) is 32.8 Å². The summed E-state index contributed by atoms with van der Waals surface area (Å²) in [6, 6.07) is 0. The normalized spacial score (nSPS) is 25.8. The summed E-state index contributed by atoms with van der Waals surface area (Å²) >= 11 is 0. The minimum Gasteiger partial charge on any atom is -0.340 e. The molecule has 0 bridgehead atoms. The molecule has 1 saturated carbocycles. The van der Waals surface area contributed by atoms with Crippen molar-refractivity contribution >= 4 is 6.34 Å². The van der Waals surface area contributed by atoms with Crippen LogP contribution in [0.25, 0.3) is 0 Å². The van der Waals surface area contributed by atoms with Crippen molar-refractivity contribution in [3.8, 4) is 0 Å². The van der Waals surface area contributed by atoms with Crippen LogP contribution in [0.5, 0.6) is 0 Å². The zero-order valence-electron chi connectivity index (χ0n) is 11.7. The van der Waals surface area contributed by atoms with Crippen molar-refractivity contribution in [1.82, 2.24) is 4.90 Å². The van der Waals surface area contributed by atoms with Crippen molar-refractivity contribution in [2.75, 3.05) is 13.1 Å². The number of aliphatic imine (C=N–C) groups is 1. The van der Waals surface area contributed by atoms with Gasteiger partial charge in [-0.05, 0) is 38.0 Å². The van der Waals surface area contributed by atoms with Gasteiger partial charge in [-0.2, -0.15) is 0 Å². The maximum Gasteiger partial charge on any atom is 0.0889 e. The Hall–Kier alpha value is -0.790. The lowest BCUT2D eigenvalue weighted by Crippen LogP contribution is -2.18. The highest BCUT2D eigenvalue weighted by atomic mass is 15.1. The largest absolute Gasteiger partial charge is 0.340 e. The van der Waals surface area contributed by atoms with Crippen molar-refractivity contribution in [1.29, 1.82) is 0 Å². The fourth-order valence-electron chi connectivity index (χ4n) is 2.43. The molecule has 0 unspecified atom stereocenters. The highest BCUT2D eigenvalue weighted by Crippen LogP contribution is 2.28. The van der Waals surface area contributed by atoms with Gasteiger partial charge in [0, 0.05) is 19.3 Å². The van der Waals surface area contributed by atoms with Crippen LogP contribution in [-0.4, -0.2) is 24.3 Å². The first-order valence-corrected chi connectivity index (χ1v) is 7.14. The molecule has 0 aliphatic heterocycles. The van der Waals surface area contributed by atoms with E-state index >= 15 is 0 Å². The summed E-state index contributed by atoms with van der Waals surface area (Å²) < 4.78 is 0. The quantitative estimate of drug-likeness (QED) is 0.501. The topological polar surface area (TPSA) is 15.6 Å². The zero-order valence-corrected chi connectivity index (χ0v) is 11.7. The Morgan fingerprint density at radius 1 is 1.24 bits per heavy atom. The number of hydrogen-bond donors (Lipinski definition) is 0. The third-order valence-electron chi connectivity index (χ3n) is 3.55. The van der Waals surface area contributed by atoms with Gasteiger partial charge in [0.1, 0.15) is 0 Å². The third kappa shape index (κ3) is 5.90. The molecule has 1 rings (SSSR count). The molecule has 0 saturated heterocycles. The molecule has 0 amide bonds. The van der Waals surface area contributed by atoms with E-state index < -0.39 is 0 Å². The lowest BCUT2D eigenvalue weighted by atomic mass is 9.83. The average Bonchev–Trinajstić information content (AvgIpc) is 2.32. The smallest absolute Gasteiger partial charge is 0.0889 e. The summed E-state index contributed by atoms with van der Waals surface area (Å²) in [5, 5.41) is 0. The van der Waals surface area contributed by atoms with E-state index in [2.05, 4.69) is 42.9 Å². The fourth-order valence-corrected chi connectivity index (χ4v) is 2.43. The molecule has 1 aliphatic carbocycles.